The van der Waals surface area contributed by atoms with E-state index in [-0.39, 0.29) is 24.4 Å². The van der Waals surface area contributed by atoms with E-state index in [1.807, 2.05) is 77.1 Å². The fourth-order valence-corrected chi connectivity index (χ4v) is 13.8. The van der Waals surface area contributed by atoms with E-state index in [1.165, 1.54) is 86.2 Å². The molecule has 3 amide bonds. The molecule has 10 aromatic heterocycles. The summed E-state index contributed by atoms with van der Waals surface area (Å²) in [5, 5.41) is 46.0. The predicted octanol–water partition coefficient (Wildman–Crippen LogP) is 14.9. The summed E-state index contributed by atoms with van der Waals surface area (Å²) in [6, 6.07) is 44.9. The molecule has 0 fully saturated rings. The van der Waals surface area contributed by atoms with Crippen LogP contribution >= 0.6 is 0 Å². The Labute approximate surface area is 668 Å². The van der Waals surface area contributed by atoms with Gasteiger partial charge >= 0.3 is 12.1 Å². The summed E-state index contributed by atoms with van der Waals surface area (Å²) in [6.45, 7) is 26.1. The standard InChI is InChI=1S/C28H34N6O3.C23H26N6O.C16H19N3O2.C11H11NO2.C11H13NO/c1-17-10-25(32-27(36)37-28(4,5)6)31-19(3)23(17)14-29-26(35)22-13-30-34(16-22)15-20-8-9-24-21(12-20)11-18(2)33(24)7;1-14-7-22(24)27-16(3)20(14)11-25-23(30)19-10-26-29(13-19)12-17-5-6-21-18(9-17)8-15(2)28(21)4;1-11-6-13-7-12(4-5-15(13)18(11)2)9-19-10-14(8-17-19)16(20)21-3;1-7-5-9-6-8(11(13)14-2)3-4-10(9)12-7;1-8-5-10-6-9(7-13)3-4-11(10)12(8)2/h8-13,16H,14-15H2,1-7H3,(H,29,35)(H,31,32,36);5-10,13H,11-12H2,1-4H3,(H2,24,27)(H,25,30);4-8,10,16,20H,9H2,1-3H3;3-6,12H,1-2H3;3-6,13H,7H2,1-2H3. The number of nitrogens with zero attached hydrogens (tertiary/aromatic N) is 12. The topological polar surface area (TPSA) is 313 Å². The second-order valence-corrected chi connectivity index (χ2v) is 30.1. The van der Waals surface area contributed by atoms with Crippen molar-refractivity contribution < 1.29 is 43.6 Å². The molecular weight excluding hydrogens is 1450 g/mol. The zero-order chi connectivity index (χ0) is 82.9. The Bertz CT molecular complexity index is 6000. The third-order valence-corrected chi connectivity index (χ3v) is 20.3. The van der Waals surface area contributed by atoms with E-state index in [4.69, 9.17) is 20.3 Å². The number of hydrogen-bond donors (Lipinski definition) is 7. The number of methoxy groups -OCH3 is 2. The number of aliphatic hydroxyl groups is 2. The first kappa shape index (κ1) is 83.0. The largest absolute Gasteiger partial charge is 0.465 e. The smallest absolute Gasteiger partial charge is 0.413 e. The van der Waals surface area contributed by atoms with Crippen LogP contribution in [0.25, 0.3) is 54.5 Å². The zero-order valence-corrected chi connectivity index (χ0v) is 68.7. The Morgan fingerprint density at radius 1 is 0.504 bits per heavy atom. The normalized spacial score (nSPS) is 11.5. The highest BCUT2D eigenvalue weighted by Crippen LogP contribution is 2.27. The number of fused-ring (bicyclic) bond motifs is 5. The molecule has 1 unspecified atom stereocenters. The molecule has 10 heterocycles. The van der Waals surface area contributed by atoms with E-state index in [1.54, 1.807) is 84.1 Å². The van der Waals surface area contributed by atoms with Crippen LogP contribution in [0.4, 0.5) is 16.4 Å². The fourth-order valence-electron chi connectivity index (χ4n) is 13.8. The lowest BCUT2D eigenvalue weighted by Gasteiger charge is -2.20. The van der Waals surface area contributed by atoms with Gasteiger partial charge in [-0.3, -0.25) is 29.0 Å². The van der Waals surface area contributed by atoms with E-state index >= 15 is 0 Å². The van der Waals surface area contributed by atoms with Gasteiger partial charge < -0.3 is 64.0 Å². The van der Waals surface area contributed by atoms with E-state index < -0.39 is 18.0 Å². The molecule has 0 aliphatic rings. The van der Waals surface area contributed by atoms with Crippen LogP contribution in [-0.2, 0) is 81.7 Å². The van der Waals surface area contributed by atoms with Crippen molar-refractivity contribution in [1.29, 1.82) is 0 Å². The summed E-state index contributed by atoms with van der Waals surface area (Å²) < 4.78 is 28.8. The average molecular weight is 1550 g/mol. The van der Waals surface area contributed by atoms with Crippen molar-refractivity contribution in [3.63, 3.8) is 0 Å². The third-order valence-electron chi connectivity index (χ3n) is 20.3. The van der Waals surface area contributed by atoms with Gasteiger partial charge in [0.05, 0.1) is 68.6 Å². The average Bonchev–Trinajstić information content (AvgIpc) is 1.70. The van der Waals surface area contributed by atoms with Crippen LogP contribution in [0.15, 0.2) is 171 Å². The van der Waals surface area contributed by atoms with Gasteiger partial charge in [-0.2, -0.15) is 15.3 Å². The highest BCUT2D eigenvalue weighted by Gasteiger charge is 2.20. The van der Waals surface area contributed by atoms with Crippen LogP contribution in [-0.4, -0.2) is 116 Å². The number of nitrogens with one attached hydrogen (secondary N) is 4. The van der Waals surface area contributed by atoms with Gasteiger partial charge in [0, 0.05) is 167 Å². The first-order valence-electron chi connectivity index (χ1n) is 37.7. The van der Waals surface area contributed by atoms with Crippen LogP contribution in [0.1, 0.15) is 148 Å². The Morgan fingerprint density at radius 2 is 0.930 bits per heavy atom. The van der Waals surface area contributed by atoms with Crippen molar-refractivity contribution in [3.8, 4) is 0 Å². The number of amides is 3. The van der Waals surface area contributed by atoms with Crippen LogP contribution in [0.2, 0.25) is 0 Å². The van der Waals surface area contributed by atoms with E-state index in [0.717, 1.165) is 61.2 Å². The summed E-state index contributed by atoms with van der Waals surface area (Å²) in [7, 11) is 11.1. The predicted molar refractivity (Wildman–Crippen MR) is 451 cm³/mol. The van der Waals surface area contributed by atoms with Gasteiger partial charge in [0.15, 0.2) is 6.29 Å². The van der Waals surface area contributed by atoms with Gasteiger partial charge in [0.2, 0.25) is 0 Å². The molecule has 0 spiro atoms. The van der Waals surface area contributed by atoms with E-state index in [2.05, 4.69) is 204 Å². The van der Waals surface area contributed by atoms with Crippen molar-refractivity contribution in [2.24, 2.45) is 28.2 Å². The van der Waals surface area contributed by atoms with E-state index in [0.29, 0.717) is 72.3 Å². The number of pyridine rings is 2. The highest BCUT2D eigenvalue weighted by atomic mass is 16.6. The number of aromatic amines is 1. The number of esters is 1. The maximum absolute atomic E-state index is 12.8. The number of hydrogen-bond acceptors (Lipinski definition) is 15. The quantitative estimate of drug-likeness (QED) is 0.0329. The number of aryl methyl sites for hydroxylation is 13. The lowest BCUT2D eigenvalue weighted by molar-refractivity contribution is -0.0770. The molecule has 0 aliphatic carbocycles. The Balaban J connectivity index is 0.000000149. The Kier molecular flexibility index (Phi) is 25.9. The van der Waals surface area contributed by atoms with Gasteiger partial charge in [0.1, 0.15) is 17.2 Å². The molecule has 0 saturated heterocycles. The SMILES string of the molecule is COC(=O)c1ccc2[nH]c(C)cc2c1.COC(O)c1cnn(Cc2ccc3c(c2)cc(C)n3C)c1.Cc1cc(N)nc(C)c1CNC(=O)c1cnn(Cc2ccc3c(c2)cc(C)n3C)c1.Cc1cc(NC(=O)OC(C)(C)C)nc(C)c1CNC(=O)c1cnn(Cc2ccc3c(c2)cc(C)n3C)c1.Cc1cc2cc(CO)ccc2n1C. The van der Waals surface area contributed by atoms with Crippen molar-refractivity contribution in [1.82, 2.24) is 73.2 Å². The first-order chi connectivity index (χ1) is 54.7. The van der Waals surface area contributed by atoms with Gasteiger partial charge in [-0.25, -0.2) is 19.6 Å². The van der Waals surface area contributed by atoms with Crippen LogP contribution in [0.3, 0.4) is 0 Å². The molecule has 1 atom stereocenters. The molecule has 598 valence electrons. The summed E-state index contributed by atoms with van der Waals surface area (Å²) in [6.07, 6.45) is 8.65. The van der Waals surface area contributed by atoms with Crippen LogP contribution in [0, 0.1) is 62.3 Å². The second kappa shape index (κ2) is 35.8. The minimum absolute atomic E-state index is 0.115. The number of benzene rings is 5. The number of ether oxygens (including phenoxy) is 3. The van der Waals surface area contributed by atoms with Crippen molar-refractivity contribution in [2.45, 2.75) is 134 Å². The maximum atomic E-state index is 12.8. The monoisotopic (exact) mass is 1550 g/mol. The number of carbonyl (C=O) groups is 4. The fraction of sp³-hybridized carbons (Fsp3) is 0.292. The van der Waals surface area contributed by atoms with Crippen molar-refractivity contribution >= 4 is 90.0 Å². The minimum Gasteiger partial charge on any atom is -0.465 e. The number of aliphatic hydroxyl groups excluding tert-OH is 2. The Hall–Kier alpha value is -12.9. The second-order valence-electron chi connectivity index (χ2n) is 30.1. The van der Waals surface area contributed by atoms with Crippen LogP contribution in [0.5, 0.6) is 0 Å². The molecule has 0 bridgehead atoms. The number of H-pyrrole nitrogens is 1. The summed E-state index contributed by atoms with van der Waals surface area (Å²) in [4.78, 5) is 60.6. The highest BCUT2D eigenvalue weighted by molar-refractivity contribution is 5.96. The molecule has 0 radical (unpaired) electrons. The van der Waals surface area contributed by atoms with Gasteiger partial charge in [-0.1, -0.05) is 24.3 Å². The summed E-state index contributed by atoms with van der Waals surface area (Å²) in [5.41, 5.74) is 29.1. The maximum Gasteiger partial charge on any atom is 0.413 e. The number of rotatable bonds is 17. The number of nitrogen functional groups attached to an aromatic ring is 1. The molecule has 115 heavy (non-hydrogen) atoms. The van der Waals surface area contributed by atoms with Crippen LogP contribution < -0.4 is 21.7 Å². The number of aromatic nitrogens is 13. The molecule has 8 N–H and O–H groups in total. The molecule has 0 aliphatic heterocycles. The third kappa shape index (κ3) is 20.5. The van der Waals surface area contributed by atoms with Gasteiger partial charge in [-0.15, -0.1) is 0 Å². The molecular formula is C89H103N17O9. The van der Waals surface area contributed by atoms with Gasteiger partial charge in [0.25, 0.3) is 11.8 Å². The summed E-state index contributed by atoms with van der Waals surface area (Å²) >= 11 is 0. The number of nitrogens with two attached hydrogens (primary N) is 1. The van der Waals surface area contributed by atoms with E-state index in [9.17, 15) is 24.3 Å². The lowest BCUT2D eigenvalue weighted by Crippen LogP contribution is -2.28. The number of carbonyl (C=O) groups excluding carboxylic acids is 4. The molecule has 0 saturated carbocycles. The molecule has 26 nitrogen and oxygen atoms in total. The number of anilines is 2. The van der Waals surface area contributed by atoms with Gasteiger partial charge in [-0.05, 0) is 237 Å². The molecule has 26 heteroatoms. The first-order valence-corrected chi connectivity index (χ1v) is 37.7. The summed E-state index contributed by atoms with van der Waals surface area (Å²) in [5.74, 6) is 0.224. The zero-order valence-electron chi connectivity index (χ0n) is 68.7. The molecule has 15 aromatic rings. The Morgan fingerprint density at radius 3 is 1.36 bits per heavy atom. The molecule has 15 rings (SSSR count). The lowest BCUT2D eigenvalue weighted by atomic mass is 10.1. The minimum atomic E-state index is -0.919. The van der Waals surface area contributed by atoms with Crippen molar-refractivity contribution in [2.75, 3.05) is 25.3 Å². The van der Waals surface area contributed by atoms with Crippen molar-refractivity contribution in [3.05, 3.63) is 277 Å². The molecule has 5 aromatic carbocycles.